The van der Waals surface area contributed by atoms with E-state index in [-0.39, 0.29) is 5.97 Å². The van der Waals surface area contributed by atoms with Crippen LogP contribution in [0.3, 0.4) is 0 Å². The van der Waals surface area contributed by atoms with Gasteiger partial charge in [-0.3, -0.25) is 0 Å². The number of cyclic esters (lactones) is 1. The van der Waals surface area contributed by atoms with Crippen LogP contribution in [0.5, 0.6) is 0 Å². The van der Waals surface area contributed by atoms with Gasteiger partial charge in [0.25, 0.3) is 0 Å². The third kappa shape index (κ3) is 1.24. The van der Waals surface area contributed by atoms with Gasteiger partial charge in [-0.05, 0) is 57.3 Å². The first kappa shape index (κ1) is 8.74. The molecule has 1 aromatic rings. The van der Waals surface area contributed by atoms with E-state index in [4.69, 9.17) is 4.74 Å². The smallest absolute Gasteiger partial charge is 0.338 e. The van der Waals surface area contributed by atoms with E-state index in [0.717, 1.165) is 14.7 Å². The molecule has 0 amide bonds. The molecule has 0 saturated carbocycles. The van der Waals surface area contributed by atoms with Gasteiger partial charge in [0, 0.05) is 12.7 Å². The zero-order valence-electron chi connectivity index (χ0n) is 5.93. The van der Waals surface area contributed by atoms with Crippen molar-refractivity contribution in [3.05, 3.63) is 30.4 Å². The molecule has 1 aliphatic heterocycles. The number of halogens is 2. The number of benzene rings is 1. The number of hydrogen-bond donors (Lipinski definition) is 0. The lowest BCUT2D eigenvalue weighted by Gasteiger charge is -1.99. The number of esters is 1. The summed E-state index contributed by atoms with van der Waals surface area (Å²) < 4.78 is 7.22. The number of ether oxygens (including phenoxy) is 1. The topological polar surface area (TPSA) is 26.3 Å². The second kappa shape index (κ2) is 3.13. The zero-order chi connectivity index (χ0) is 8.72. The van der Waals surface area contributed by atoms with Gasteiger partial charge < -0.3 is 4.74 Å². The van der Waals surface area contributed by atoms with Crippen molar-refractivity contribution in [3.63, 3.8) is 0 Å². The standard InChI is InChI=1S/C8H4I2O2/c9-6-2-1-4-5(7(6)10)3-12-8(4)11/h1-2H,3H2. The van der Waals surface area contributed by atoms with E-state index in [9.17, 15) is 4.79 Å². The summed E-state index contributed by atoms with van der Waals surface area (Å²) in [6, 6.07) is 3.77. The van der Waals surface area contributed by atoms with Crippen molar-refractivity contribution in [3.8, 4) is 0 Å². The van der Waals surface area contributed by atoms with Gasteiger partial charge in [0.2, 0.25) is 0 Å². The molecule has 0 saturated heterocycles. The summed E-state index contributed by atoms with van der Waals surface area (Å²) in [6.45, 7) is 0.434. The van der Waals surface area contributed by atoms with Gasteiger partial charge in [0.05, 0.1) is 5.56 Å². The molecule has 0 unspecified atom stereocenters. The predicted octanol–water partition coefficient (Wildman–Crippen LogP) is 2.57. The molecule has 4 heteroatoms. The van der Waals surface area contributed by atoms with E-state index in [1.165, 1.54) is 3.57 Å². The molecular weight excluding hydrogens is 382 g/mol. The highest BCUT2D eigenvalue weighted by Crippen LogP contribution is 2.28. The maximum Gasteiger partial charge on any atom is 0.338 e. The molecule has 0 aliphatic carbocycles. The Hall–Kier alpha value is 0.150. The van der Waals surface area contributed by atoms with E-state index in [1.54, 1.807) is 0 Å². The summed E-state index contributed by atoms with van der Waals surface area (Å²) in [5.74, 6) is -0.195. The van der Waals surface area contributed by atoms with Crippen LogP contribution in [0.1, 0.15) is 15.9 Å². The Kier molecular flexibility index (Phi) is 2.28. The van der Waals surface area contributed by atoms with Gasteiger partial charge in [-0.1, -0.05) is 0 Å². The average molecular weight is 386 g/mol. The van der Waals surface area contributed by atoms with Crippen molar-refractivity contribution in [1.82, 2.24) is 0 Å². The summed E-state index contributed by atoms with van der Waals surface area (Å²) in [4.78, 5) is 11.1. The molecule has 0 N–H and O–H groups in total. The van der Waals surface area contributed by atoms with Crippen LogP contribution < -0.4 is 0 Å². The summed E-state index contributed by atoms with van der Waals surface area (Å²) in [5, 5.41) is 0. The molecule has 1 aliphatic rings. The number of fused-ring (bicyclic) bond motifs is 1. The largest absolute Gasteiger partial charge is 0.457 e. The predicted molar refractivity (Wildman–Crippen MR) is 61.0 cm³/mol. The Morgan fingerprint density at radius 3 is 2.83 bits per heavy atom. The van der Waals surface area contributed by atoms with Crippen LogP contribution in [-0.4, -0.2) is 5.97 Å². The average Bonchev–Trinajstić information content (AvgIpc) is 2.41. The number of rotatable bonds is 0. The van der Waals surface area contributed by atoms with Crippen LogP contribution in [0, 0.1) is 7.14 Å². The Labute approximate surface area is 97.0 Å². The molecule has 12 heavy (non-hydrogen) atoms. The molecule has 2 rings (SSSR count). The van der Waals surface area contributed by atoms with E-state index in [2.05, 4.69) is 45.2 Å². The first-order valence-electron chi connectivity index (χ1n) is 3.34. The molecule has 0 spiro atoms. The fourth-order valence-corrected chi connectivity index (χ4v) is 2.27. The van der Waals surface area contributed by atoms with Crippen molar-refractivity contribution < 1.29 is 9.53 Å². The van der Waals surface area contributed by atoms with Crippen LogP contribution in [0.2, 0.25) is 0 Å². The van der Waals surface area contributed by atoms with Gasteiger partial charge in [-0.15, -0.1) is 0 Å². The molecule has 0 bridgehead atoms. The van der Waals surface area contributed by atoms with E-state index < -0.39 is 0 Å². The molecule has 2 nitrogen and oxygen atoms in total. The Balaban J connectivity index is 2.68. The van der Waals surface area contributed by atoms with E-state index in [1.807, 2.05) is 12.1 Å². The second-order valence-corrected chi connectivity index (χ2v) is 4.70. The maximum atomic E-state index is 11.1. The maximum absolute atomic E-state index is 11.1. The second-order valence-electron chi connectivity index (χ2n) is 2.46. The van der Waals surface area contributed by atoms with Crippen LogP contribution in [0.4, 0.5) is 0 Å². The Morgan fingerprint density at radius 1 is 1.33 bits per heavy atom. The number of carbonyl (C=O) groups is 1. The van der Waals surface area contributed by atoms with Gasteiger partial charge >= 0.3 is 5.97 Å². The fraction of sp³-hybridized carbons (Fsp3) is 0.125. The van der Waals surface area contributed by atoms with Crippen LogP contribution in [0.25, 0.3) is 0 Å². The summed E-state index contributed by atoms with van der Waals surface area (Å²) in [6.07, 6.45) is 0. The quantitative estimate of drug-likeness (QED) is 0.507. The number of hydrogen-bond acceptors (Lipinski definition) is 2. The SMILES string of the molecule is O=C1OCc2c1ccc(I)c2I. The third-order valence-electron chi connectivity index (χ3n) is 1.76. The lowest BCUT2D eigenvalue weighted by molar-refractivity contribution is 0.0535. The van der Waals surface area contributed by atoms with Crippen LogP contribution in [0.15, 0.2) is 12.1 Å². The van der Waals surface area contributed by atoms with Crippen molar-refractivity contribution in [2.24, 2.45) is 0 Å². The molecule has 1 aromatic carbocycles. The summed E-state index contributed by atoms with van der Waals surface area (Å²) in [7, 11) is 0. The highest BCUT2D eigenvalue weighted by atomic mass is 127. The van der Waals surface area contributed by atoms with Crippen molar-refractivity contribution >= 4 is 51.2 Å². The molecule has 0 radical (unpaired) electrons. The van der Waals surface area contributed by atoms with Gasteiger partial charge in [0.15, 0.2) is 0 Å². The highest BCUT2D eigenvalue weighted by molar-refractivity contribution is 14.1. The minimum Gasteiger partial charge on any atom is -0.457 e. The first-order valence-corrected chi connectivity index (χ1v) is 5.50. The summed E-state index contributed by atoms with van der Waals surface area (Å²) in [5.41, 5.74) is 1.76. The van der Waals surface area contributed by atoms with Crippen molar-refractivity contribution in [1.29, 1.82) is 0 Å². The minimum absolute atomic E-state index is 0.195. The number of carbonyl (C=O) groups excluding carboxylic acids is 1. The van der Waals surface area contributed by atoms with E-state index >= 15 is 0 Å². The minimum atomic E-state index is -0.195. The zero-order valence-corrected chi connectivity index (χ0v) is 10.2. The lowest BCUT2D eigenvalue weighted by Crippen LogP contribution is -1.94. The Morgan fingerprint density at radius 2 is 2.08 bits per heavy atom. The monoisotopic (exact) mass is 386 g/mol. The lowest BCUT2D eigenvalue weighted by atomic mass is 10.1. The van der Waals surface area contributed by atoms with Crippen LogP contribution >= 0.6 is 45.2 Å². The molecular formula is C8H4I2O2. The van der Waals surface area contributed by atoms with Crippen LogP contribution in [-0.2, 0) is 11.3 Å². The molecule has 0 atom stereocenters. The molecule has 62 valence electrons. The summed E-state index contributed by atoms with van der Waals surface area (Å²) >= 11 is 4.49. The Bertz CT molecular complexity index is 360. The van der Waals surface area contributed by atoms with Gasteiger partial charge in [-0.25, -0.2) is 4.79 Å². The van der Waals surface area contributed by atoms with Crippen molar-refractivity contribution in [2.45, 2.75) is 6.61 Å². The molecule has 0 aromatic heterocycles. The first-order chi connectivity index (χ1) is 5.70. The van der Waals surface area contributed by atoms with E-state index in [0.29, 0.717) is 6.61 Å². The van der Waals surface area contributed by atoms with Crippen molar-refractivity contribution in [2.75, 3.05) is 0 Å². The fourth-order valence-electron chi connectivity index (χ4n) is 1.14. The van der Waals surface area contributed by atoms with Gasteiger partial charge in [0.1, 0.15) is 6.61 Å². The normalized spacial score (nSPS) is 14.3. The molecule has 1 heterocycles. The molecule has 0 fully saturated rings. The van der Waals surface area contributed by atoms with Gasteiger partial charge in [-0.2, -0.15) is 0 Å². The third-order valence-corrected chi connectivity index (χ3v) is 4.93. The highest BCUT2D eigenvalue weighted by Gasteiger charge is 2.23.